The van der Waals surface area contributed by atoms with Crippen molar-refractivity contribution in [3.8, 4) is 0 Å². The van der Waals surface area contributed by atoms with Crippen molar-refractivity contribution in [2.45, 2.75) is 39.3 Å². The summed E-state index contributed by atoms with van der Waals surface area (Å²) in [6, 6.07) is 6.24. The maximum atomic E-state index is 12.3. The van der Waals surface area contributed by atoms with Gasteiger partial charge in [-0.25, -0.2) is 9.78 Å². The van der Waals surface area contributed by atoms with Crippen molar-refractivity contribution in [1.82, 2.24) is 9.55 Å². The van der Waals surface area contributed by atoms with E-state index in [-0.39, 0.29) is 6.09 Å². The van der Waals surface area contributed by atoms with Crippen molar-refractivity contribution in [2.24, 2.45) is 0 Å². The van der Waals surface area contributed by atoms with Gasteiger partial charge in [0.1, 0.15) is 5.60 Å². The highest BCUT2D eigenvalue weighted by Crippen LogP contribution is 2.30. The Balaban J connectivity index is 1.76. The van der Waals surface area contributed by atoms with Gasteiger partial charge in [0.25, 0.3) is 0 Å². The number of ether oxygens (including phenoxy) is 1. The zero-order valence-electron chi connectivity index (χ0n) is 13.2. The lowest BCUT2D eigenvalue weighted by Crippen LogP contribution is -2.35. The van der Waals surface area contributed by atoms with Crippen molar-refractivity contribution in [1.29, 1.82) is 0 Å². The Hall–Kier alpha value is -2.30. The third kappa shape index (κ3) is 3.13. The van der Waals surface area contributed by atoms with Crippen LogP contribution in [0.2, 0.25) is 0 Å². The molecule has 3 rings (SSSR count). The summed E-state index contributed by atoms with van der Waals surface area (Å²) in [6.07, 6.45) is 6.12. The predicted octanol–water partition coefficient (Wildman–Crippen LogP) is 3.23. The molecule has 22 heavy (non-hydrogen) atoms. The van der Waals surface area contributed by atoms with E-state index in [1.165, 1.54) is 11.1 Å². The van der Waals surface area contributed by atoms with E-state index in [0.717, 1.165) is 18.7 Å². The normalized spacial score (nSPS) is 14.0. The molecule has 0 saturated heterocycles. The van der Waals surface area contributed by atoms with Crippen molar-refractivity contribution in [2.75, 3.05) is 11.4 Å². The molecule has 0 spiro atoms. The monoisotopic (exact) mass is 299 g/mol. The minimum Gasteiger partial charge on any atom is -0.443 e. The third-order valence-electron chi connectivity index (χ3n) is 3.58. The fourth-order valence-corrected chi connectivity index (χ4v) is 2.65. The van der Waals surface area contributed by atoms with Crippen LogP contribution in [0, 0.1) is 0 Å². The molecule has 1 amide bonds. The fraction of sp³-hybridized carbons (Fsp3) is 0.412. The number of amides is 1. The standard InChI is InChI=1S/C17H21N3O2/c1-17(2,3)22-16(21)20-8-6-14-10-13(4-5-15(14)20)11-19-9-7-18-12-19/h4-5,7,9-10,12H,6,8,11H2,1-3H3. The molecule has 1 aliphatic heterocycles. The second-order valence-electron chi connectivity index (χ2n) is 6.58. The van der Waals surface area contributed by atoms with Crippen LogP contribution >= 0.6 is 0 Å². The maximum Gasteiger partial charge on any atom is 0.414 e. The van der Waals surface area contributed by atoms with Gasteiger partial charge in [-0.15, -0.1) is 0 Å². The molecule has 2 aromatic rings. The summed E-state index contributed by atoms with van der Waals surface area (Å²) < 4.78 is 7.50. The number of carbonyl (C=O) groups is 1. The van der Waals surface area contributed by atoms with Gasteiger partial charge in [-0.05, 0) is 44.4 Å². The van der Waals surface area contributed by atoms with E-state index in [4.69, 9.17) is 4.74 Å². The van der Waals surface area contributed by atoms with Crippen LogP contribution in [0.15, 0.2) is 36.9 Å². The van der Waals surface area contributed by atoms with Crippen LogP contribution in [0.1, 0.15) is 31.9 Å². The van der Waals surface area contributed by atoms with Crippen LogP contribution in [-0.2, 0) is 17.7 Å². The number of anilines is 1. The van der Waals surface area contributed by atoms with Crippen LogP contribution in [0.25, 0.3) is 0 Å². The first kappa shape index (κ1) is 14.6. The second kappa shape index (κ2) is 5.48. The largest absolute Gasteiger partial charge is 0.443 e. The minimum atomic E-state index is -0.471. The van der Waals surface area contributed by atoms with Gasteiger partial charge in [0.15, 0.2) is 0 Å². The smallest absolute Gasteiger partial charge is 0.414 e. The summed E-state index contributed by atoms with van der Waals surface area (Å²) in [6.45, 7) is 7.13. The van der Waals surface area contributed by atoms with Crippen LogP contribution in [0.4, 0.5) is 10.5 Å². The van der Waals surface area contributed by atoms with E-state index >= 15 is 0 Å². The number of hydrogen-bond acceptors (Lipinski definition) is 3. The van der Waals surface area contributed by atoms with Gasteiger partial charge in [-0.2, -0.15) is 0 Å². The van der Waals surface area contributed by atoms with Crippen molar-refractivity contribution < 1.29 is 9.53 Å². The molecule has 1 aromatic carbocycles. The van der Waals surface area contributed by atoms with Gasteiger partial charge in [0.05, 0.1) is 12.0 Å². The summed E-state index contributed by atoms with van der Waals surface area (Å²) in [5.74, 6) is 0. The Bertz CT molecular complexity index is 672. The van der Waals surface area contributed by atoms with Crippen molar-refractivity contribution in [3.63, 3.8) is 0 Å². The molecule has 1 aliphatic rings. The molecule has 0 atom stereocenters. The molecule has 0 fully saturated rings. The lowest BCUT2D eigenvalue weighted by atomic mass is 10.1. The molecule has 5 heteroatoms. The van der Waals surface area contributed by atoms with E-state index in [2.05, 4.69) is 17.1 Å². The number of hydrogen-bond donors (Lipinski definition) is 0. The number of aromatic nitrogens is 2. The highest BCUT2D eigenvalue weighted by Gasteiger charge is 2.28. The number of carbonyl (C=O) groups excluding carboxylic acids is 1. The Kier molecular flexibility index (Phi) is 3.64. The molecule has 5 nitrogen and oxygen atoms in total. The summed E-state index contributed by atoms with van der Waals surface area (Å²) in [4.78, 5) is 18.0. The molecule has 0 aliphatic carbocycles. The molecule has 116 valence electrons. The molecular weight excluding hydrogens is 278 g/mol. The zero-order valence-corrected chi connectivity index (χ0v) is 13.2. The van der Waals surface area contributed by atoms with E-state index in [9.17, 15) is 4.79 Å². The summed E-state index contributed by atoms with van der Waals surface area (Å²) in [5.41, 5.74) is 2.90. The summed E-state index contributed by atoms with van der Waals surface area (Å²) in [7, 11) is 0. The van der Waals surface area contributed by atoms with Crippen LogP contribution in [-0.4, -0.2) is 27.8 Å². The molecule has 0 bridgehead atoms. The van der Waals surface area contributed by atoms with Crippen LogP contribution in [0.5, 0.6) is 0 Å². The number of rotatable bonds is 2. The Labute approximate surface area is 130 Å². The van der Waals surface area contributed by atoms with Crippen LogP contribution in [0.3, 0.4) is 0 Å². The first-order chi connectivity index (χ1) is 10.4. The lowest BCUT2D eigenvalue weighted by Gasteiger charge is -2.24. The van der Waals surface area contributed by atoms with Crippen molar-refractivity contribution >= 4 is 11.8 Å². The first-order valence-corrected chi connectivity index (χ1v) is 7.50. The average Bonchev–Trinajstić information content (AvgIpc) is 3.05. The Morgan fingerprint density at radius 3 is 2.86 bits per heavy atom. The SMILES string of the molecule is CC(C)(C)OC(=O)N1CCc2cc(Cn3ccnc3)ccc21. The highest BCUT2D eigenvalue weighted by atomic mass is 16.6. The van der Waals surface area contributed by atoms with Crippen LogP contribution < -0.4 is 4.90 Å². The number of benzene rings is 1. The highest BCUT2D eigenvalue weighted by molar-refractivity contribution is 5.90. The molecule has 1 aromatic heterocycles. The molecule has 0 saturated carbocycles. The molecule has 2 heterocycles. The van der Waals surface area contributed by atoms with Gasteiger partial charge in [-0.3, -0.25) is 4.90 Å². The maximum absolute atomic E-state index is 12.3. The number of imidazole rings is 1. The molecule has 0 unspecified atom stereocenters. The molecule has 0 radical (unpaired) electrons. The van der Waals surface area contributed by atoms with Gasteiger partial charge in [-0.1, -0.05) is 12.1 Å². The van der Waals surface area contributed by atoms with E-state index in [0.29, 0.717) is 6.54 Å². The second-order valence-corrected chi connectivity index (χ2v) is 6.58. The summed E-state index contributed by atoms with van der Waals surface area (Å²) in [5, 5.41) is 0. The van der Waals surface area contributed by atoms with E-state index in [1.54, 1.807) is 17.4 Å². The quantitative estimate of drug-likeness (QED) is 0.855. The predicted molar refractivity (Wildman–Crippen MR) is 85.1 cm³/mol. The van der Waals surface area contributed by atoms with Gasteiger partial charge >= 0.3 is 6.09 Å². The van der Waals surface area contributed by atoms with E-state index in [1.807, 2.05) is 37.6 Å². The number of nitrogens with zero attached hydrogens (tertiary/aromatic N) is 3. The Morgan fingerprint density at radius 1 is 1.36 bits per heavy atom. The van der Waals surface area contributed by atoms with Gasteiger partial charge in [0, 0.05) is 25.5 Å². The topological polar surface area (TPSA) is 47.4 Å². The third-order valence-corrected chi connectivity index (χ3v) is 3.58. The number of fused-ring (bicyclic) bond motifs is 1. The van der Waals surface area contributed by atoms with Crippen molar-refractivity contribution in [3.05, 3.63) is 48.0 Å². The van der Waals surface area contributed by atoms with E-state index < -0.39 is 5.60 Å². The Morgan fingerprint density at radius 2 is 2.18 bits per heavy atom. The molecular formula is C17H21N3O2. The van der Waals surface area contributed by atoms with Gasteiger partial charge in [0.2, 0.25) is 0 Å². The fourth-order valence-electron chi connectivity index (χ4n) is 2.65. The first-order valence-electron chi connectivity index (χ1n) is 7.50. The minimum absolute atomic E-state index is 0.270. The van der Waals surface area contributed by atoms with Gasteiger partial charge < -0.3 is 9.30 Å². The zero-order chi connectivity index (χ0) is 15.7. The summed E-state index contributed by atoms with van der Waals surface area (Å²) >= 11 is 0. The molecule has 0 N–H and O–H groups in total. The lowest BCUT2D eigenvalue weighted by molar-refractivity contribution is 0.0584. The average molecular weight is 299 g/mol.